The molecule has 0 spiro atoms. The first-order chi connectivity index (χ1) is 11.8. The summed E-state index contributed by atoms with van der Waals surface area (Å²) in [5.74, 6) is 1.74. The fraction of sp³-hybridized carbons (Fsp3) is 0.857. The summed E-state index contributed by atoms with van der Waals surface area (Å²) in [4.78, 5) is 0. The van der Waals surface area contributed by atoms with E-state index in [-0.39, 0.29) is 16.9 Å². The van der Waals surface area contributed by atoms with E-state index >= 15 is 0 Å². The molecule has 4 heteroatoms. The summed E-state index contributed by atoms with van der Waals surface area (Å²) < 4.78 is 0. The zero-order valence-electron chi connectivity index (χ0n) is 15.8. The highest BCUT2D eigenvalue weighted by Crippen LogP contribution is 2.67. The van der Waals surface area contributed by atoms with Crippen LogP contribution in [0.1, 0.15) is 72.1 Å². The van der Waals surface area contributed by atoms with Gasteiger partial charge in [-0.1, -0.05) is 30.7 Å². The number of aliphatic hydroxyl groups excluding tert-OH is 1. The van der Waals surface area contributed by atoms with Crippen molar-refractivity contribution >= 4 is 5.71 Å². The van der Waals surface area contributed by atoms with Gasteiger partial charge in [0.2, 0.25) is 0 Å². The number of hydrogen-bond donors (Lipinski definition) is 3. The lowest BCUT2D eigenvalue weighted by Gasteiger charge is -2.58. The van der Waals surface area contributed by atoms with Crippen molar-refractivity contribution in [1.29, 1.82) is 0 Å². The molecule has 4 aliphatic carbocycles. The molecule has 4 rings (SSSR count). The second-order valence-corrected chi connectivity index (χ2v) is 9.70. The summed E-state index contributed by atoms with van der Waals surface area (Å²) in [6.45, 7) is 6.41. The standard InChI is InChI=1S/C21H33NO3/c1-13(22-25)21(24)11-8-18-16-5-4-14-12-15(23)6-9-19(14,2)17(16)7-10-20(18,21)3/h4,15-18,23-25H,5-12H2,1-3H3/t15?,16?,17?,18?,19?,20?,21-/m0/s1. The first kappa shape index (κ1) is 17.5. The summed E-state index contributed by atoms with van der Waals surface area (Å²) in [6.07, 6.45) is 10.0. The maximum atomic E-state index is 11.4. The van der Waals surface area contributed by atoms with E-state index in [9.17, 15) is 15.4 Å². The molecular formula is C21H33NO3. The van der Waals surface area contributed by atoms with Crippen molar-refractivity contribution < 1.29 is 15.4 Å². The molecule has 140 valence electrons. The van der Waals surface area contributed by atoms with Crippen LogP contribution in [0.4, 0.5) is 0 Å². The summed E-state index contributed by atoms with van der Waals surface area (Å²) in [6, 6.07) is 0. The molecule has 4 aliphatic rings. The van der Waals surface area contributed by atoms with Gasteiger partial charge in [-0.15, -0.1) is 0 Å². The Morgan fingerprint density at radius 2 is 1.84 bits per heavy atom. The monoisotopic (exact) mass is 347 g/mol. The minimum atomic E-state index is -0.967. The Labute approximate surface area is 151 Å². The molecule has 0 saturated heterocycles. The zero-order valence-corrected chi connectivity index (χ0v) is 15.8. The maximum Gasteiger partial charge on any atom is 0.111 e. The quantitative estimate of drug-likeness (QED) is 0.292. The molecule has 25 heavy (non-hydrogen) atoms. The molecule has 3 saturated carbocycles. The van der Waals surface area contributed by atoms with Gasteiger partial charge in [-0.2, -0.15) is 0 Å². The van der Waals surface area contributed by atoms with Crippen LogP contribution in [-0.2, 0) is 0 Å². The summed E-state index contributed by atoms with van der Waals surface area (Å²) in [5.41, 5.74) is 1.03. The summed E-state index contributed by atoms with van der Waals surface area (Å²) in [7, 11) is 0. The van der Waals surface area contributed by atoms with Gasteiger partial charge in [0.15, 0.2) is 0 Å². The van der Waals surface area contributed by atoms with Gasteiger partial charge < -0.3 is 15.4 Å². The van der Waals surface area contributed by atoms with Crippen LogP contribution in [0.5, 0.6) is 0 Å². The third kappa shape index (κ3) is 2.16. The fourth-order valence-electron chi connectivity index (χ4n) is 7.33. The van der Waals surface area contributed by atoms with Gasteiger partial charge in [-0.05, 0) is 81.5 Å². The largest absolute Gasteiger partial charge is 0.411 e. The number of hydrogen-bond acceptors (Lipinski definition) is 4. The van der Waals surface area contributed by atoms with E-state index in [1.807, 2.05) is 0 Å². The van der Waals surface area contributed by atoms with Gasteiger partial charge in [0.25, 0.3) is 0 Å². The van der Waals surface area contributed by atoms with E-state index in [1.54, 1.807) is 6.92 Å². The molecule has 0 aromatic rings. The third-order valence-corrected chi connectivity index (χ3v) is 8.98. The van der Waals surface area contributed by atoms with Crippen LogP contribution < -0.4 is 0 Å². The lowest BCUT2D eigenvalue weighted by molar-refractivity contribution is -0.0936. The number of oxime groups is 1. The molecule has 0 radical (unpaired) electrons. The van der Waals surface area contributed by atoms with Crippen LogP contribution in [0.2, 0.25) is 0 Å². The molecule has 0 aliphatic heterocycles. The van der Waals surface area contributed by atoms with Crippen LogP contribution in [0.25, 0.3) is 0 Å². The third-order valence-electron chi connectivity index (χ3n) is 8.98. The SMILES string of the molecule is CC(=NO)[C@@]1(O)CCC2C3CC=C4CC(O)CCC4(C)C3CCC21C. The van der Waals surface area contributed by atoms with Gasteiger partial charge in [0.1, 0.15) is 5.60 Å². The number of rotatable bonds is 1. The van der Waals surface area contributed by atoms with Crippen LogP contribution in [0, 0.1) is 28.6 Å². The van der Waals surface area contributed by atoms with E-state index in [0.29, 0.717) is 29.9 Å². The molecule has 3 N–H and O–H groups in total. The molecule has 0 aromatic carbocycles. The van der Waals surface area contributed by atoms with Crippen molar-refractivity contribution in [1.82, 2.24) is 0 Å². The highest BCUT2D eigenvalue weighted by atomic mass is 16.4. The molecule has 4 nitrogen and oxygen atoms in total. The molecule has 0 aromatic heterocycles. The lowest BCUT2D eigenvalue weighted by atomic mass is 9.46. The first-order valence-corrected chi connectivity index (χ1v) is 10.1. The predicted octanol–water partition coefficient (Wildman–Crippen LogP) is 3.89. The minimum Gasteiger partial charge on any atom is -0.411 e. The molecular weight excluding hydrogens is 314 g/mol. The Morgan fingerprint density at radius 1 is 1.12 bits per heavy atom. The van der Waals surface area contributed by atoms with E-state index in [1.165, 1.54) is 5.57 Å². The average molecular weight is 347 g/mol. The summed E-state index contributed by atoms with van der Waals surface area (Å²) >= 11 is 0. The van der Waals surface area contributed by atoms with Gasteiger partial charge in [-0.3, -0.25) is 0 Å². The van der Waals surface area contributed by atoms with Crippen molar-refractivity contribution in [3.8, 4) is 0 Å². The molecule has 0 amide bonds. The van der Waals surface area contributed by atoms with Gasteiger partial charge in [-0.25, -0.2) is 0 Å². The van der Waals surface area contributed by atoms with Gasteiger partial charge in [0.05, 0.1) is 11.8 Å². The van der Waals surface area contributed by atoms with Crippen molar-refractivity contribution in [3.05, 3.63) is 11.6 Å². The molecule has 6 unspecified atom stereocenters. The number of nitrogens with zero attached hydrogens (tertiary/aromatic N) is 1. The van der Waals surface area contributed by atoms with Gasteiger partial charge in [0, 0.05) is 5.41 Å². The second kappa shape index (κ2) is 5.56. The fourth-order valence-corrected chi connectivity index (χ4v) is 7.33. The van der Waals surface area contributed by atoms with E-state index in [2.05, 4.69) is 25.1 Å². The maximum absolute atomic E-state index is 11.4. The van der Waals surface area contributed by atoms with Crippen LogP contribution in [0.3, 0.4) is 0 Å². The number of fused-ring (bicyclic) bond motifs is 5. The minimum absolute atomic E-state index is 0.162. The van der Waals surface area contributed by atoms with E-state index in [4.69, 9.17) is 0 Å². The van der Waals surface area contributed by atoms with Crippen LogP contribution >= 0.6 is 0 Å². The predicted molar refractivity (Wildman–Crippen MR) is 97.6 cm³/mol. The topological polar surface area (TPSA) is 73.1 Å². The first-order valence-electron chi connectivity index (χ1n) is 10.1. The number of allylic oxidation sites excluding steroid dienone is 1. The Morgan fingerprint density at radius 3 is 2.56 bits per heavy atom. The zero-order chi connectivity index (χ0) is 18.0. The lowest BCUT2D eigenvalue weighted by Crippen LogP contribution is -2.57. The highest BCUT2D eigenvalue weighted by Gasteiger charge is 2.64. The van der Waals surface area contributed by atoms with Crippen molar-refractivity contribution in [2.45, 2.75) is 83.8 Å². The number of aliphatic hydroxyl groups is 2. The van der Waals surface area contributed by atoms with Crippen molar-refractivity contribution in [2.24, 2.45) is 33.7 Å². The van der Waals surface area contributed by atoms with Crippen LogP contribution in [0.15, 0.2) is 16.8 Å². The molecule has 3 fully saturated rings. The second-order valence-electron chi connectivity index (χ2n) is 9.70. The Balaban J connectivity index is 1.69. The summed E-state index contributed by atoms with van der Waals surface area (Å²) in [5, 5.41) is 34.2. The van der Waals surface area contributed by atoms with E-state index < -0.39 is 5.60 Å². The van der Waals surface area contributed by atoms with Gasteiger partial charge >= 0.3 is 0 Å². The average Bonchev–Trinajstić information content (AvgIpc) is 2.87. The normalized spacial score (nSPS) is 52.8. The Kier molecular flexibility index (Phi) is 3.90. The van der Waals surface area contributed by atoms with E-state index in [0.717, 1.165) is 44.9 Å². The van der Waals surface area contributed by atoms with Crippen molar-refractivity contribution in [2.75, 3.05) is 0 Å². The van der Waals surface area contributed by atoms with Crippen LogP contribution in [-0.4, -0.2) is 32.8 Å². The Bertz CT molecular complexity index is 629. The van der Waals surface area contributed by atoms with Crippen molar-refractivity contribution in [3.63, 3.8) is 0 Å². The molecule has 7 atom stereocenters. The smallest absolute Gasteiger partial charge is 0.111 e. The molecule has 0 bridgehead atoms. The highest BCUT2D eigenvalue weighted by molar-refractivity contribution is 5.91. The molecule has 0 heterocycles. The Hall–Kier alpha value is -0.870.